The fourth-order valence-corrected chi connectivity index (χ4v) is 3.03. The second-order valence-corrected chi connectivity index (χ2v) is 5.96. The first-order valence-electron chi connectivity index (χ1n) is 7.34. The van der Waals surface area contributed by atoms with Crippen molar-refractivity contribution in [3.63, 3.8) is 0 Å². The van der Waals surface area contributed by atoms with Gasteiger partial charge in [-0.3, -0.25) is 9.78 Å². The molecule has 1 amide bonds. The van der Waals surface area contributed by atoms with E-state index in [2.05, 4.69) is 20.3 Å². The number of pyridine rings is 2. The maximum Gasteiger partial charge on any atom is 0.257 e. The van der Waals surface area contributed by atoms with Gasteiger partial charge in [-0.05, 0) is 31.2 Å². The lowest BCUT2D eigenvalue weighted by Gasteiger charge is -2.12. The number of methoxy groups -OCH3 is 1. The Kier molecular flexibility index (Phi) is 4.81. The first-order valence-corrected chi connectivity index (χ1v) is 8.22. The fraction of sp³-hybridized carbons (Fsp3) is 0.176. The summed E-state index contributed by atoms with van der Waals surface area (Å²) in [6.45, 7) is 1.90. The highest BCUT2D eigenvalue weighted by atomic mass is 32.1. The Morgan fingerprint density at radius 3 is 2.88 bits per heavy atom. The Labute approximate surface area is 143 Å². The third-order valence-corrected chi connectivity index (χ3v) is 4.43. The van der Waals surface area contributed by atoms with Crippen LogP contribution in [0.2, 0.25) is 0 Å². The molecule has 0 bridgehead atoms. The van der Waals surface area contributed by atoms with E-state index in [1.165, 1.54) is 18.4 Å². The van der Waals surface area contributed by atoms with Crippen molar-refractivity contribution in [3.8, 4) is 17.1 Å². The second-order valence-electron chi connectivity index (χ2n) is 5.07. The summed E-state index contributed by atoms with van der Waals surface area (Å²) >= 11 is 1.50. The van der Waals surface area contributed by atoms with Gasteiger partial charge in [0.05, 0.1) is 18.8 Å². The molecule has 3 rings (SSSR count). The van der Waals surface area contributed by atoms with Gasteiger partial charge in [0.15, 0.2) is 0 Å². The summed E-state index contributed by atoms with van der Waals surface area (Å²) in [7, 11) is 1.49. The average molecular weight is 340 g/mol. The minimum atomic E-state index is -0.245. The maximum absolute atomic E-state index is 12.4. The van der Waals surface area contributed by atoms with Crippen LogP contribution in [-0.4, -0.2) is 28.0 Å². The van der Waals surface area contributed by atoms with Crippen LogP contribution in [0.15, 0.2) is 48.2 Å². The molecule has 122 valence electrons. The van der Waals surface area contributed by atoms with E-state index in [9.17, 15) is 4.79 Å². The van der Waals surface area contributed by atoms with Crippen molar-refractivity contribution in [1.82, 2.24) is 20.3 Å². The molecule has 0 fully saturated rings. The number of thiazole rings is 1. The van der Waals surface area contributed by atoms with E-state index in [-0.39, 0.29) is 11.9 Å². The highest BCUT2D eigenvalue weighted by Gasteiger charge is 2.18. The molecule has 1 atom stereocenters. The number of ether oxygens (including phenoxy) is 1. The van der Waals surface area contributed by atoms with Crippen LogP contribution in [0.25, 0.3) is 11.3 Å². The summed E-state index contributed by atoms with van der Waals surface area (Å²) < 4.78 is 5.12. The maximum atomic E-state index is 12.4. The van der Waals surface area contributed by atoms with Crippen LogP contribution >= 0.6 is 11.3 Å². The molecule has 24 heavy (non-hydrogen) atoms. The highest BCUT2D eigenvalue weighted by molar-refractivity contribution is 7.10. The zero-order chi connectivity index (χ0) is 16.9. The van der Waals surface area contributed by atoms with Crippen LogP contribution in [0.1, 0.15) is 28.3 Å². The number of hydrogen-bond acceptors (Lipinski definition) is 6. The number of nitrogens with zero attached hydrogens (tertiary/aromatic N) is 3. The van der Waals surface area contributed by atoms with Gasteiger partial charge in [-0.1, -0.05) is 0 Å². The fourth-order valence-electron chi connectivity index (χ4n) is 2.20. The van der Waals surface area contributed by atoms with Gasteiger partial charge in [-0.2, -0.15) is 0 Å². The van der Waals surface area contributed by atoms with Crippen molar-refractivity contribution in [1.29, 1.82) is 0 Å². The van der Waals surface area contributed by atoms with E-state index >= 15 is 0 Å². The quantitative estimate of drug-likeness (QED) is 0.772. The predicted molar refractivity (Wildman–Crippen MR) is 92.0 cm³/mol. The number of carbonyl (C=O) groups is 1. The van der Waals surface area contributed by atoms with Crippen molar-refractivity contribution >= 4 is 17.2 Å². The summed E-state index contributed by atoms with van der Waals surface area (Å²) in [5, 5.41) is 5.71. The molecule has 1 unspecified atom stereocenters. The van der Waals surface area contributed by atoms with Crippen molar-refractivity contribution in [2.75, 3.05) is 7.11 Å². The van der Waals surface area contributed by atoms with Crippen LogP contribution in [0.5, 0.6) is 5.88 Å². The van der Waals surface area contributed by atoms with E-state index in [0.717, 1.165) is 16.3 Å². The molecular weight excluding hydrogens is 324 g/mol. The van der Waals surface area contributed by atoms with E-state index in [1.807, 2.05) is 24.4 Å². The van der Waals surface area contributed by atoms with E-state index in [4.69, 9.17) is 4.74 Å². The van der Waals surface area contributed by atoms with Crippen LogP contribution < -0.4 is 10.1 Å². The molecule has 6 nitrogen and oxygen atoms in total. The number of amides is 1. The average Bonchev–Trinajstić information content (AvgIpc) is 3.12. The van der Waals surface area contributed by atoms with E-state index < -0.39 is 0 Å². The third kappa shape index (κ3) is 3.41. The Morgan fingerprint density at radius 2 is 2.12 bits per heavy atom. The summed E-state index contributed by atoms with van der Waals surface area (Å²) in [6.07, 6.45) is 5.07. The second kappa shape index (κ2) is 7.18. The zero-order valence-corrected chi connectivity index (χ0v) is 14.1. The van der Waals surface area contributed by atoms with Crippen molar-refractivity contribution < 1.29 is 9.53 Å². The van der Waals surface area contributed by atoms with Gasteiger partial charge >= 0.3 is 0 Å². The molecule has 7 heteroatoms. The number of carbonyl (C=O) groups excluding carboxylic acids is 1. The molecule has 3 aromatic rings. The van der Waals surface area contributed by atoms with Gasteiger partial charge in [-0.25, -0.2) is 9.97 Å². The first kappa shape index (κ1) is 16.1. The molecule has 0 aliphatic heterocycles. The summed E-state index contributed by atoms with van der Waals surface area (Å²) in [5.74, 6) is 0.0583. The monoisotopic (exact) mass is 340 g/mol. The van der Waals surface area contributed by atoms with Crippen molar-refractivity contribution in [2.45, 2.75) is 13.0 Å². The molecule has 0 aliphatic rings. The lowest BCUT2D eigenvalue weighted by molar-refractivity contribution is 0.0936. The Bertz CT molecular complexity index is 835. The molecule has 0 aliphatic carbocycles. The number of rotatable bonds is 5. The molecule has 0 aromatic carbocycles. The van der Waals surface area contributed by atoms with Crippen LogP contribution in [0.3, 0.4) is 0 Å². The molecule has 3 aromatic heterocycles. The minimum absolute atomic E-state index is 0.224. The smallest absolute Gasteiger partial charge is 0.257 e. The normalized spacial score (nSPS) is 11.8. The Hall–Kier alpha value is -2.80. The molecular formula is C17H16N4O2S. The van der Waals surface area contributed by atoms with Gasteiger partial charge < -0.3 is 10.1 Å². The topological polar surface area (TPSA) is 77.0 Å². The molecule has 0 saturated heterocycles. The summed E-state index contributed by atoms with van der Waals surface area (Å²) in [5.41, 5.74) is 2.20. The SMILES string of the molecule is COc1ncccc1C(=O)NC(C)c1nc(-c2cccnc2)cs1. The first-order chi connectivity index (χ1) is 11.7. The number of hydrogen-bond donors (Lipinski definition) is 1. The standard InChI is InChI=1S/C17H16N4O2S/c1-11(20-15(22)13-6-4-8-19-16(13)23-2)17-21-14(10-24-17)12-5-3-7-18-9-12/h3-11H,1-2H3,(H,20,22). The van der Waals surface area contributed by atoms with Gasteiger partial charge in [-0.15, -0.1) is 11.3 Å². The van der Waals surface area contributed by atoms with Crippen molar-refractivity contribution in [3.05, 3.63) is 58.8 Å². The summed E-state index contributed by atoms with van der Waals surface area (Å²) in [4.78, 5) is 25.1. The van der Waals surface area contributed by atoms with Crippen LogP contribution in [0.4, 0.5) is 0 Å². The zero-order valence-electron chi connectivity index (χ0n) is 13.3. The van der Waals surface area contributed by atoms with Gasteiger partial charge in [0.1, 0.15) is 10.6 Å². The number of aromatic nitrogens is 3. The van der Waals surface area contributed by atoms with Gasteiger partial charge in [0.2, 0.25) is 5.88 Å². The third-order valence-electron chi connectivity index (χ3n) is 3.41. The molecule has 0 spiro atoms. The minimum Gasteiger partial charge on any atom is -0.480 e. The molecule has 1 N–H and O–H groups in total. The van der Waals surface area contributed by atoms with Crippen molar-refractivity contribution in [2.24, 2.45) is 0 Å². The Morgan fingerprint density at radius 1 is 1.29 bits per heavy atom. The Balaban J connectivity index is 1.74. The molecule has 0 radical (unpaired) electrons. The van der Waals surface area contributed by atoms with E-state index in [1.54, 1.807) is 30.7 Å². The number of nitrogens with one attached hydrogen (secondary N) is 1. The predicted octanol–water partition coefficient (Wildman–Crippen LogP) is 3.10. The van der Waals surface area contributed by atoms with Crippen LogP contribution in [-0.2, 0) is 0 Å². The molecule has 3 heterocycles. The highest BCUT2D eigenvalue weighted by Crippen LogP contribution is 2.25. The van der Waals surface area contributed by atoms with E-state index in [0.29, 0.717) is 11.4 Å². The van der Waals surface area contributed by atoms with Gasteiger partial charge in [0, 0.05) is 29.5 Å². The lowest BCUT2D eigenvalue weighted by atomic mass is 10.2. The van der Waals surface area contributed by atoms with Crippen LogP contribution in [0, 0.1) is 0 Å². The lowest BCUT2D eigenvalue weighted by Crippen LogP contribution is -2.27. The summed E-state index contributed by atoms with van der Waals surface area (Å²) in [6, 6.07) is 6.98. The molecule has 0 saturated carbocycles. The van der Waals surface area contributed by atoms with Gasteiger partial charge in [0.25, 0.3) is 5.91 Å². The largest absolute Gasteiger partial charge is 0.480 e.